The zero-order valence-electron chi connectivity index (χ0n) is 11.5. The number of carbonyl (C=O) groups is 1. The van der Waals surface area contributed by atoms with Crippen LogP contribution in [0, 0.1) is 28.9 Å². The third-order valence-corrected chi connectivity index (χ3v) is 3.99. The molecule has 1 aromatic carbocycles. The SMILES string of the molecule is Cc1ccc([N+](=O)[O-])cc1NC(=O)C1CCCC1CN. The van der Waals surface area contributed by atoms with Crippen molar-refractivity contribution in [1.82, 2.24) is 0 Å². The summed E-state index contributed by atoms with van der Waals surface area (Å²) in [5.41, 5.74) is 6.98. The van der Waals surface area contributed by atoms with E-state index in [1.165, 1.54) is 12.1 Å². The van der Waals surface area contributed by atoms with Crippen LogP contribution in [0.1, 0.15) is 24.8 Å². The molecule has 0 bridgehead atoms. The molecule has 1 amide bonds. The van der Waals surface area contributed by atoms with Crippen molar-refractivity contribution in [1.29, 1.82) is 0 Å². The van der Waals surface area contributed by atoms with Gasteiger partial charge in [-0.05, 0) is 37.8 Å². The highest BCUT2D eigenvalue weighted by Crippen LogP contribution is 2.32. The van der Waals surface area contributed by atoms with Crippen molar-refractivity contribution in [2.45, 2.75) is 26.2 Å². The number of rotatable bonds is 4. The van der Waals surface area contributed by atoms with Gasteiger partial charge in [-0.15, -0.1) is 0 Å². The third-order valence-electron chi connectivity index (χ3n) is 3.99. The first-order chi connectivity index (χ1) is 9.52. The lowest BCUT2D eigenvalue weighted by atomic mass is 9.95. The minimum atomic E-state index is -0.465. The number of hydrogen-bond donors (Lipinski definition) is 2. The average molecular weight is 277 g/mol. The number of benzene rings is 1. The molecular weight excluding hydrogens is 258 g/mol. The predicted molar refractivity (Wildman–Crippen MR) is 76.3 cm³/mol. The van der Waals surface area contributed by atoms with Crippen LogP contribution in [0.2, 0.25) is 0 Å². The molecule has 0 radical (unpaired) electrons. The molecule has 20 heavy (non-hydrogen) atoms. The number of nitro groups is 1. The number of nitro benzene ring substituents is 1. The van der Waals surface area contributed by atoms with Crippen LogP contribution < -0.4 is 11.1 Å². The summed E-state index contributed by atoms with van der Waals surface area (Å²) >= 11 is 0. The molecule has 3 N–H and O–H groups in total. The van der Waals surface area contributed by atoms with Crippen LogP contribution in [0.4, 0.5) is 11.4 Å². The molecule has 6 nitrogen and oxygen atoms in total. The summed E-state index contributed by atoms with van der Waals surface area (Å²) in [4.78, 5) is 22.6. The Balaban J connectivity index is 2.15. The molecule has 1 saturated carbocycles. The van der Waals surface area contributed by atoms with E-state index in [9.17, 15) is 14.9 Å². The monoisotopic (exact) mass is 277 g/mol. The maximum absolute atomic E-state index is 12.3. The van der Waals surface area contributed by atoms with Gasteiger partial charge < -0.3 is 11.1 Å². The quantitative estimate of drug-likeness (QED) is 0.651. The summed E-state index contributed by atoms with van der Waals surface area (Å²) in [6.45, 7) is 2.32. The second-order valence-corrected chi connectivity index (χ2v) is 5.28. The Morgan fingerprint density at radius 1 is 1.50 bits per heavy atom. The highest BCUT2D eigenvalue weighted by Gasteiger charge is 2.32. The number of nitrogens with one attached hydrogen (secondary N) is 1. The van der Waals surface area contributed by atoms with Gasteiger partial charge in [0.2, 0.25) is 5.91 Å². The molecule has 0 aromatic heterocycles. The van der Waals surface area contributed by atoms with Gasteiger partial charge in [-0.25, -0.2) is 0 Å². The number of amides is 1. The lowest BCUT2D eigenvalue weighted by Crippen LogP contribution is -2.30. The molecule has 0 spiro atoms. The molecular formula is C14H19N3O3. The number of non-ortho nitro benzene ring substituents is 1. The molecule has 0 saturated heterocycles. The first-order valence-corrected chi connectivity index (χ1v) is 6.79. The van der Waals surface area contributed by atoms with Crippen molar-refractivity contribution in [3.8, 4) is 0 Å². The van der Waals surface area contributed by atoms with Crippen molar-refractivity contribution in [2.75, 3.05) is 11.9 Å². The Kier molecular flexibility index (Phi) is 4.34. The van der Waals surface area contributed by atoms with Crippen LogP contribution in [0.15, 0.2) is 18.2 Å². The van der Waals surface area contributed by atoms with E-state index < -0.39 is 4.92 Å². The predicted octanol–water partition coefficient (Wildman–Crippen LogP) is 2.22. The number of nitrogens with two attached hydrogens (primary N) is 1. The van der Waals surface area contributed by atoms with Crippen LogP contribution in [-0.2, 0) is 4.79 Å². The minimum absolute atomic E-state index is 0.0207. The maximum atomic E-state index is 12.3. The summed E-state index contributed by atoms with van der Waals surface area (Å²) in [7, 11) is 0. The van der Waals surface area contributed by atoms with Crippen LogP contribution in [0.5, 0.6) is 0 Å². The average Bonchev–Trinajstić information content (AvgIpc) is 2.89. The molecule has 108 valence electrons. The van der Waals surface area contributed by atoms with E-state index in [1.54, 1.807) is 6.07 Å². The fourth-order valence-corrected chi connectivity index (χ4v) is 2.75. The minimum Gasteiger partial charge on any atom is -0.330 e. The molecule has 1 aromatic rings. The molecule has 2 rings (SSSR count). The molecule has 6 heteroatoms. The fraction of sp³-hybridized carbons (Fsp3) is 0.500. The topological polar surface area (TPSA) is 98.3 Å². The zero-order chi connectivity index (χ0) is 14.7. The largest absolute Gasteiger partial charge is 0.330 e. The van der Waals surface area contributed by atoms with E-state index in [4.69, 9.17) is 5.73 Å². The smallest absolute Gasteiger partial charge is 0.271 e. The first kappa shape index (κ1) is 14.5. The number of aryl methyl sites for hydroxylation is 1. The van der Waals surface area contributed by atoms with Gasteiger partial charge in [0.15, 0.2) is 0 Å². The Hall–Kier alpha value is -1.95. The lowest BCUT2D eigenvalue weighted by Gasteiger charge is -2.18. The molecule has 1 aliphatic rings. The number of anilines is 1. The van der Waals surface area contributed by atoms with Gasteiger partial charge in [-0.3, -0.25) is 14.9 Å². The Bertz CT molecular complexity index is 530. The molecule has 2 atom stereocenters. The standard InChI is InChI=1S/C14H19N3O3/c1-9-5-6-11(17(19)20)7-13(9)16-14(18)12-4-2-3-10(12)8-15/h5-7,10,12H,2-4,8,15H2,1H3,(H,16,18). The number of hydrogen-bond acceptors (Lipinski definition) is 4. The van der Waals surface area contributed by atoms with E-state index in [0.717, 1.165) is 24.8 Å². The molecule has 1 fully saturated rings. The number of nitrogens with zero attached hydrogens (tertiary/aromatic N) is 1. The van der Waals surface area contributed by atoms with E-state index in [2.05, 4.69) is 5.32 Å². The van der Waals surface area contributed by atoms with Crippen LogP contribution in [0.25, 0.3) is 0 Å². The van der Waals surface area contributed by atoms with Gasteiger partial charge in [0.1, 0.15) is 0 Å². The van der Waals surface area contributed by atoms with Crippen molar-refractivity contribution < 1.29 is 9.72 Å². The summed E-state index contributed by atoms with van der Waals surface area (Å²) in [6, 6.07) is 4.48. The number of carbonyl (C=O) groups excluding carboxylic acids is 1. The molecule has 2 unspecified atom stereocenters. The van der Waals surface area contributed by atoms with Crippen LogP contribution in [0.3, 0.4) is 0 Å². The second kappa shape index (κ2) is 6.00. The summed E-state index contributed by atoms with van der Waals surface area (Å²) in [6.07, 6.45) is 2.82. The highest BCUT2D eigenvalue weighted by molar-refractivity contribution is 5.94. The maximum Gasteiger partial charge on any atom is 0.271 e. The van der Waals surface area contributed by atoms with E-state index >= 15 is 0 Å². The second-order valence-electron chi connectivity index (χ2n) is 5.28. The summed E-state index contributed by atoms with van der Waals surface area (Å²) in [5, 5.41) is 13.6. The van der Waals surface area contributed by atoms with Crippen molar-refractivity contribution in [3.63, 3.8) is 0 Å². The Morgan fingerprint density at radius 2 is 2.25 bits per heavy atom. The molecule has 1 aliphatic carbocycles. The Labute approximate surface area is 117 Å². The van der Waals surface area contributed by atoms with Gasteiger partial charge in [0.25, 0.3) is 5.69 Å². The fourth-order valence-electron chi connectivity index (χ4n) is 2.75. The van der Waals surface area contributed by atoms with Gasteiger partial charge in [-0.1, -0.05) is 12.5 Å². The van der Waals surface area contributed by atoms with Crippen molar-refractivity contribution in [2.24, 2.45) is 17.6 Å². The molecule has 0 heterocycles. The normalized spacial score (nSPS) is 21.7. The van der Waals surface area contributed by atoms with Crippen LogP contribution in [-0.4, -0.2) is 17.4 Å². The third kappa shape index (κ3) is 2.96. The van der Waals surface area contributed by atoms with Crippen molar-refractivity contribution in [3.05, 3.63) is 33.9 Å². The van der Waals surface area contributed by atoms with Crippen molar-refractivity contribution >= 4 is 17.3 Å². The zero-order valence-corrected chi connectivity index (χ0v) is 11.5. The van der Waals surface area contributed by atoms with Gasteiger partial charge in [-0.2, -0.15) is 0 Å². The first-order valence-electron chi connectivity index (χ1n) is 6.79. The van der Waals surface area contributed by atoms with Gasteiger partial charge in [0, 0.05) is 18.1 Å². The van der Waals surface area contributed by atoms with E-state index in [0.29, 0.717) is 12.2 Å². The van der Waals surface area contributed by atoms with E-state index in [-0.39, 0.29) is 23.4 Å². The van der Waals surface area contributed by atoms with E-state index in [1.807, 2.05) is 6.92 Å². The Morgan fingerprint density at radius 3 is 2.90 bits per heavy atom. The summed E-state index contributed by atoms with van der Waals surface area (Å²) < 4.78 is 0. The van der Waals surface area contributed by atoms with Gasteiger partial charge >= 0.3 is 0 Å². The highest BCUT2D eigenvalue weighted by atomic mass is 16.6. The van der Waals surface area contributed by atoms with Crippen LogP contribution >= 0.6 is 0 Å². The molecule has 0 aliphatic heterocycles. The van der Waals surface area contributed by atoms with Gasteiger partial charge in [0.05, 0.1) is 10.6 Å². The lowest BCUT2D eigenvalue weighted by molar-refractivity contribution is -0.384. The summed E-state index contributed by atoms with van der Waals surface area (Å²) in [5.74, 6) is 0.0502.